The number of aliphatic hydroxyl groups is 1. The zero-order valence-corrected chi connectivity index (χ0v) is 11.4. The first-order valence-corrected chi connectivity index (χ1v) is 6.60. The van der Waals surface area contributed by atoms with Crippen LogP contribution in [0, 0.1) is 5.92 Å². The summed E-state index contributed by atoms with van der Waals surface area (Å²) in [4.78, 5) is 13.7. The maximum absolute atomic E-state index is 12.4. The van der Waals surface area contributed by atoms with Crippen molar-refractivity contribution < 1.29 is 27.8 Å². The smallest absolute Gasteiger partial charge is 0.405 e. The van der Waals surface area contributed by atoms with Gasteiger partial charge in [0.1, 0.15) is 5.75 Å². The number of β-amino-alcohol motifs (C(OH)–C–C–N with tert-alkyl or cyclic N) is 1. The van der Waals surface area contributed by atoms with E-state index >= 15 is 0 Å². The van der Waals surface area contributed by atoms with E-state index in [1.807, 2.05) is 6.92 Å². The van der Waals surface area contributed by atoms with E-state index in [9.17, 15) is 23.1 Å². The van der Waals surface area contributed by atoms with Gasteiger partial charge in [0, 0.05) is 13.1 Å². The number of benzene rings is 1. The molecule has 1 heterocycles. The number of ether oxygens (including phenoxy) is 1. The van der Waals surface area contributed by atoms with Crippen LogP contribution >= 0.6 is 0 Å². The van der Waals surface area contributed by atoms with Crippen molar-refractivity contribution in [3.63, 3.8) is 0 Å². The standard InChI is InChI=1S/C14H16F3NO3/c1-9-6-7-18(8-11(9)19)13(20)10-4-2-3-5-12(10)21-14(15,16)17/h2-5,9,11,19H,6-8H2,1H3. The number of rotatable bonds is 2. The van der Waals surface area contributed by atoms with E-state index in [2.05, 4.69) is 4.74 Å². The first-order valence-electron chi connectivity index (χ1n) is 6.60. The van der Waals surface area contributed by atoms with E-state index in [4.69, 9.17) is 0 Å². The van der Waals surface area contributed by atoms with Gasteiger partial charge in [0.15, 0.2) is 0 Å². The van der Waals surface area contributed by atoms with Gasteiger partial charge >= 0.3 is 6.36 Å². The van der Waals surface area contributed by atoms with Crippen molar-refractivity contribution >= 4 is 5.91 Å². The maximum atomic E-state index is 12.4. The molecule has 7 heteroatoms. The number of halogens is 3. The van der Waals surface area contributed by atoms with Crippen LogP contribution in [0.15, 0.2) is 24.3 Å². The molecular formula is C14H16F3NO3. The third-order valence-corrected chi connectivity index (χ3v) is 3.55. The number of aliphatic hydroxyl groups excluding tert-OH is 1. The molecule has 1 saturated heterocycles. The molecule has 2 unspecified atom stereocenters. The van der Waals surface area contributed by atoms with Crippen LogP contribution in [0.4, 0.5) is 13.2 Å². The van der Waals surface area contributed by atoms with Crippen molar-refractivity contribution in [2.45, 2.75) is 25.8 Å². The zero-order valence-electron chi connectivity index (χ0n) is 11.4. The molecule has 0 bridgehead atoms. The Morgan fingerprint density at radius 3 is 2.67 bits per heavy atom. The topological polar surface area (TPSA) is 49.8 Å². The molecule has 0 spiro atoms. The third-order valence-electron chi connectivity index (χ3n) is 3.55. The van der Waals surface area contributed by atoms with Gasteiger partial charge < -0.3 is 14.7 Å². The minimum absolute atomic E-state index is 0.0655. The van der Waals surface area contributed by atoms with Crippen molar-refractivity contribution in [1.82, 2.24) is 4.90 Å². The summed E-state index contributed by atoms with van der Waals surface area (Å²) in [5.74, 6) is -1.03. The summed E-state index contributed by atoms with van der Waals surface area (Å²) in [6, 6.07) is 5.22. The fourth-order valence-corrected chi connectivity index (χ4v) is 2.26. The average molecular weight is 303 g/mol. The molecule has 2 rings (SSSR count). The van der Waals surface area contributed by atoms with E-state index < -0.39 is 24.1 Å². The van der Waals surface area contributed by atoms with Gasteiger partial charge in [-0.05, 0) is 24.5 Å². The minimum atomic E-state index is -4.85. The predicted molar refractivity (Wildman–Crippen MR) is 68.8 cm³/mol. The Hall–Kier alpha value is -1.76. The summed E-state index contributed by atoms with van der Waals surface area (Å²) >= 11 is 0. The van der Waals surface area contributed by atoms with Gasteiger partial charge in [-0.25, -0.2) is 0 Å². The summed E-state index contributed by atoms with van der Waals surface area (Å²) in [5, 5.41) is 9.79. The molecule has 21 heavy (non-hydrogen) atoms. The fraction of sp³-hybridized carbons (Fsp3) is 0.500. The lowest BCUT2D eigenvalue weighted by Gasteiger charge is -2.34. The van der Waals surface area contributed by atoms with Crippen LogP contribution < -0.4 is 4.74 Å². The molecule has 0 aromatic heterocycles. The van der Waals surface area contributed by atoms with Gasteiger partial charge in [-0.1, -0.05) is 19.1 Å². The second-order valence-corrected chi connectivity index (χ2v) is 5.13. The first kappa shape index (κ1) is 15.6. The van der Waals surface area contributed by atoms with Gasteiger partial charge in [-0.2, -0.15) is 0 Å². The van der Waals surface area contributed by atoms with E-state index in [0.717, 1.165) is 6.07 Å². The molecule has 1 fully saturated rings. The third kappa shape index (κ3) is 3.87. The van der Waals surface area contributed by atoms with Crippen molar-refractivity contribution in [2.75, 3.05) is 13.1 Å². The summed E-state index contributed by atoms with van der Waals surface area (Å²) < 4.78 is 40.9. The quantitative estimate of drug-likeness (QED) is 0.913. The molecule has 2 atom stereocenters. The summed E-state index contributed by atoms with van der Waals surface area (Å²) in [7, 11) is 0. The predicted octanol–water partition coefficient (Wildman–Crippen LogP) is 2.43. The van der Waals surface area contributed by atoms with Crippen LogP contribution in [0.25, 0.3) is 0 Å². The molecule has 4 nitrogen and oxygen atoms in total. The number of hydrogen-bond donors (Lipinski definition) is 1. The molecule has 0 saturated carbocycles. The van der Waals surface area contributed by atoms with Crippen LogP contribution in [-0.2, 0) is 0 Å². The maximum Gasteiger partial charge on any atom is 0.573 e. The van der Waals surface area contributed by atoms with E-state index in [-0.39, 0.29) is 18.0 Å². The molecule has 0 radical (unpaired) electrons. The van der Waals surface area contributed by atoms with Crippen LogP contribution in [0.1, 0.15) is 23.7 Å². The summed E-state index contributed by atoms with van der Waals surface area (Å²) in [6.45, 7) is 2.38. The van der Waals surface area contributed by atoms with Gasteiger partial charge in [0.05, 0.1) is 11.7 Å². The van der Waals surface area contributed by atoms with Crippen molar-refractivity contribution in [2.24, 2.45) is 5.92 Å². The van der Waals surface area contributed by atoms with Crippen molar-refractivity contribution in [3.05, 3.63) is 29.8 Å². The molecule has 1 amide bonds. The Labute approximate surface area is 120 Å². The number of nitrogens with zero attached hydrogens (tertiary/aromatic N) is 1. The molecule has 1 aliphatic heterocycles. The molecular weight excluding hydrogens is 287 g/mol. The number of para-hydroxylation sites is 1. The second-order valence-electron chi connectivity index (χ2n) is 5.13. The van der Waals surface area contributed by atoms with E-state index in [1.165, 1.54) is 23.1 Å². The number of alkyl halides is 3. The lowest BCUT2D eigenvalue weighted by Crippen LogP contribution is -2.46. The summed E-state index contributed by atoms with van der Waals surface area (Å²) in [5.41, 5.74) is -0.156. The molecule has 116 valence electrons. The fourth-order valence-electron chi connectivity index (χ4n) is 2.26. The summed E-state index contributed by atoms with van der Waals surface area (Å²) in [6.07, 6.45) is -4.92. The highest BCUT2D eigenvalue weighted by Crippen LogP contribution is 2.28. The lowest BCUT2D eigenvalue weighted by molar-refractivity contribution is -0.274. The SMILES string of the molecule is CC1CCN(C(=O)c2ccccc2OC(F)(F)F)CC1O. The molecule has 1 aromatic rings. The van der Waals surface area contributed by atoms with Crippen LogP contribution in [0.2, 0.25) is 0 Å². The molecule has 1 aromatic carbocycles. The Kier molecular flexibility index (Phi) is 4.41. The molecule has 0 aliphatic carbocycles. The van der Waals surface area contributed by atoms with Crippen LogP contribution in [0.5, 0.6) is 5.75 Å². The van der Waals surface area contributed by atoms with Gasteiger partial charge in [0.25, 0.3) is 5.91 Å². The molecule has 1 aliphatic rings. The molecule has 1 N–H and O–H groups in total. The van der Waals surface area contributed by atoms with E-state index in [1.54, 1.807) is 0 Å². The zero-order chi connectivity index (χ0) is 15.6. The van der Waals surface area contributed by atoms with Crippen LogP contribution in [-0.4, -0.2) is 41.5 Å². The van der Waals surface area contributed by atoms with Crippen molar-refractivity contribution in [3.8, 4) is 5.75 Å². The second kappa shape index (κ2) is 5.93. The average Bonchev–Trinajstić information content (AvgIpc) is 2.40. The number of carbonyl (C=O) groups is 1. The van der Waals surface area contributed by atoms with Gasteiger partial charge in [-0.3, -0.25) is 4.79 Å². The van der Waals surface area contributed by atoms with Crippen molar-refractivity contribution in [1.29, 1.82) is 0 Å². The highest BCUT2D eigenvalue weighted by atomic mass is 19.4. The van der Waals surface area contributed by atoms with E-state index in [0.29, 0.717) is 13.0 Å². The number of hydrogen-bond acceptors (Lipinski definition) is 3. The largest absolute Gasteiger partial charge is 0.573 e. The Balaban J connectivity index is 2.20. The Morgan fingerprint density at radius 2 is 2.05 bits per heavy atom. The number of piperidine rings is 1. The highest BCUT2D eigenvalue weighted by molar-refractivity contribution is 5.97. The Bertz CT molecular complexity index is 518. The van der Waals surface area contributed by atoms with Gasteiger partial charge in [-0.15, -0.1) is 13.2 Å². The lowest BCUT2D eigenvalue weighted by atomic mass is 9.95. The van der Waals surface area contributed by atoms with Gasteiger partial charge in [0.2, 0.25) is 0 Å². The minimum Gasteiger partial charge on any atom is -0.405 e. The van der Waals surface area contributed by atoms with Crippen LogP contribution in [0.3, 0.4) is 0 Å². The Morgan fingerprint density at radius 1 is 1.38 bits per heavy atom. The number of carbonyl (C=O) groups excluding carboxylic acids is 1. The number of amides is 1. The highest BCUT2D eigenvalue weighted by Gasteiger charge is 2.34. The monoisotopic (exact) mass is 303 g/mol. The normalized spacial score (nSPS) is 23.0. The number of likely N-dealkylation sites (tertiary alicyclic amines) is 1. The first-order chi connectivity index (χ1) is 9.78.